The molecular formula is C12H23N. The van der Waals surface area contributed by atoms with E-state index in [0.717, 1.165) is 5.92 Å². The van der Waals surface area contributed by atoms with Gasteiger partial charge in [0, 0.05) is 6.54 Å². The second-order valence-corrected chi connectivity index (χ2v) is 5.32. The van der Waals surface area contributed by atoms with Crippen LogP contribution in [0.2, 0.25) is 0 Å². The second kappa shape index (κ2) is 4.00. The minimum atomic E-state index is 0.711. The fraction of sp³-hybridized carbons (Fsp3) is 1.00. The van der Waals surface area contributed by atoms with Crippen molar-refractivity contribution in [2.24, 2.45) is 11.3 Å². The highest BCUT2D eigenvalue weighted by Gasteiger charge is 2.34. The van der Waals surface area contributed by atoms with E-state index in [-0.39, 0.29) is 0 Å². The van der Waals surface area contributed by atoms with Crippen LogP contribution in [0.1, 0.15) is 51.9 Å². The van der Waals surface area contributed by atoms with E-state index in [1.807, 2.05) is 0 Å². The molecule has 0 amide bonds. The van der Waals surface area contributed by atoms with Crippen LogP contribution >= 0.6 is 0 Å². The highest BCUT2D eigenvalue weighted by Crippen LogP contribution is 2.42. The monoisotopic (exact) mass is 181 g/mol. The number of hydrogen-bond donors (Lipinski definition) is 1. The van der Waals surface area contributed by atoms with Crippen molar-refractivity contribution in [3.63, 3.8) is 0 Å². The molecule has 2 fully saturated rings. The lowest BCUT2D eigenvalue weighted by Crippen LogP contribution is -2.35. The maximum absolute atomic E-state index is 3.62. The van der Waals surface area contributed by atoms with Crippen molar-refractivity contribution in [3.8, 4) is 0 Å². The number of rotatable bonds is 0. The molecule has 1 saturated heterocycles. The van der Waals surface area contributed by atoms with E-state index in [1.165, 1.54) is 58.0 Å². The third-order valence-electron chi connectivity index (χ3n) is 4.15. The molecule has 0 atom stereocenters. The zero-order valence-corrected chi connectivity index (χ0v) is 8.94. The predicted octanol–water partition coefficient (Wildman–Crippen LogP) is 2.96. The molecule has 0 bridgehead atoms. The van der Waals surface area contributed by atoms with Gasteiger partial charge in [0.05, 0.1) is 0 Å². The first kappa shape index (κ1) is 9.51. The van der Waals surface area contributed by atoms with Gasteiger partial charge < -0.3 is 5.32 Å². The Labute approximate surface area is 82.3 Å². The minimum Gasteiger partial charge on any atom is -0.316 e. The average molecular weight is 181 g/mol. The van der Waals surface area contributed by atoms with Gasteiger partial charge in [0.2, 0.25) is 0 Å². The first-order valence-electron chi connectivity index (χ1n) is 6.02. The van der Waals surface area contributed by atoms with Crippen molar-refractivity contribution in [1.29, 1.82) is 0 Å². The van der Waals surface area contributed by atoms with Crippen LogP contribution in [0, 0.1) is 11.3 Å². The first-order chi connectivity index (χ1) is 6.31. The molecule has 0 aromatic carbocycles. The van der Waals surface area contributed by atoms with Crippen molar-refractivity contribution in [2.45, 2.75) is 51.9 Å². The first-order valence-corrected chi connectivity index (χ1v) is 6.02. The van der Waals surface area contributed by atoms with Gasteiger partial charge in [-0.05, 0) is 43.6 Å². The molecule has 76 valence electrons. The standard InChI is InChI=1S/C12H23N/c1-11-4-7-12(8-5-11)6-2-3-9-13-10-12/h11,13H,2-10H2,1H3. The summed E-state index contributed by atoms with van der Waals surface area (Å²) < 4.78 is 0. The van der Waals surface area contributed by atoms with Crippen LogP contribution in [0.4, 0.5) is 0 Å². The van der Waals surface area contributed by atoms with Crippen LogP contribution in [0.5, 0.6) is 0 Å². The van der Waals surface area contributed by atoms with Crippen LogP contribution in [-0.4, -0.2) is 13.1 Å². The molecule has 1 aliphatic heterocycles. The fourth-order valence-corrected chi connectivity index (χ4v) is 2.99. The van der Waals surface area contributed by atoms with E-state index in [4.69, 9.17) is 0 Å². The predicted molar refractivity (Wildman–Crippen MR) is 56.8 cm³/mol. The molecule has 0 aromatic heterocycles. The Morgan fingerprint density at radius 3 is 2.62 bits per heavy atom. The molecule has 1 heterocycles. The lowest BCUT2D eigenvalue weighted by molar-refractivity contribution is 0.145. The molecule has 0 unspecified atom stereocenters. The molecule has 1 nitrogen and oxygen atoms in total. The van der Waals surface area contributed by atoms with Gasteiger partial charge in [0.15, 0.2) is 0 Å². The van der Waals surface area contributed by atoms with Crippen LogP contribution in [0.3, 0.4) is 0 Å². The molecule has 1 aliphatic carbocycles. The van der Waals surface area contributed by atoms with Gasteiger partial charge in [-0.1, -0.05) is 26.2 Å². The third-order valence-corrected chi connectivity index (χ3v) is 4.15. The van der Waals surface area contributed by atoms with Crippen LogP contribution < -0.4 is 5.32 Å². The summed E-state index contributed by atoms with van der Waals surface area (Å²) in [6.07, 6.45) is 10.3. The lowest BCUT2D eigenvalue weighted by atomic mass is 9.68. The summed E-state index contributed by atoms with van der Waals surface area (Å²) in [5.41, 5.74) is 0.711. The quantitative estimate of drug-likeness (QED) is 0.606. The summed E-state index contributed by atoms with van der Waals surface area (Å²) >= 11 is 0. The van der Waals surface area contributed by atoms with Crippen molar-refractivity contribution in [1.82, 2.24) is 5.32 Å². The van der Waals surface area contributed by atoms with Crippen LogP contribution in [0.15, 0.2) is 0 Å². The molecule has 2 aliphatic rings. The summed E-state index contributed by atoms with van der Waals surface area (Å²) in [6, 6.07) is 0. The normalized spacial score (nSPS) is 41.8. The lowest BCUT2D eigenvalue weighted by Gasteiger charge is -2.38. The molecule has 1 heteroatoms. The van der Waals surface area contributed by atoms with E-state index in [1.54, 1.807) is 0 Å². The van der Waals surface area contributed by atoms with Crippen LogP contribution in [-0.2, 0) is 0 Å². The molecule has 1 saturated carbocycles. The van der Waals surface area contributed by atoms with Crippen molar-refractivity contribution in [2.75, 3.05) is 13.1 Å². The van der Waals surface area contributed by atoms with Gasteiger partial charge in [-0.3, -0.25) is 0 Å². The smallest absolute Gasteiger partial charge is 0.000781 e. The van der Waals surface area contributed by atoms with Gasteiger partial charge in [0.1, 0.15) is 0 Å². The molecule has 13 heavy (non-hydrogen) atoms. The van der Waals surface area contributed by atoms with E-state index >= 15 is 0 Å². The highest BCUT2D eigenvalue weighted by molar-refractivity contribution is 4.88. The Morgan fingerprint density at radius 2 is 1.85 bits per heavy atom. The van der Waals surface area contributed by atoms with Crippen molar-refractivity contribution < 1.29 is 0 Å². The maximum atomic E-state index is 3.62. The Balaban J connectivity index is 1.93. The molecule has 1 spiro atoms. The Kier molecular flexibility index (Phi) is 2.92. The van der Waals surface area contributed by atoms with Crippen molar-refractivity contribution >= 4 is 0 Å². The molecular weight excluding hydrogens is 158 g/mol. The number of nitrogens with one attached hydrogen (secondary N) is 1. The zero-order valence-electron chi connectivity index (χ0n) is 8.94. The van der Waals surface area contributed by atoms with E-state index in [9.17, 15) is 0 Å². The molecule has 2 rings (SSSR count). The summed E-state index contributed by atoms with van der Waals surface area (Å²) in [5.74, 6) is 0.994. The second-order valence-electron chi connectivity index (χ2n) is 5.32. The van der Waals surface area contributed by atoms with Gasteiger partial charge in [0.25, 0.3) is 0 Å². The molecule has 0 radical (unpaired) electrons. The van der Waals surface area contributed by atoms with Gasteiger partial charge in [-0.25, -0.2) is 0 Å². The summed E-state index contributed by atoms with van der Waals surface area (Å²) in [6.45, 7) is 4.98. The fourth-order valence-electron chi connectivity index (χ4n) is 2.99. The molecule has 0 aromatic rings. The van der Waals surface area contributed by atoms with E-state index in [0.29, 0.717) is 5.41 Å². The zero-order chi connectivity index (χ0) is 9.15. The Hall–Kier alpha value is -0.0400. The maximum Gasteiger partial charge on any atom is 0.000781 e. The average Bonchev–Trinajstić information content (AvgIpc) is 2.37. The summed E-state index contributed by atoms with van der Waals surface area (Å²) in [4.78, 5) is 0. The number of hydrogen-bond acceptors (Lipinski definition) is 1. The summed E-state index contributed by atoms with van der Waals surface area (Å²) in [7, 11) is 0. The van der Waals surface area contributed by atoms with Gasteiger partial charge in [-0.15, -0.1) is 0 Å². The highest BCUT2D eigenvalue weighted by atomic mass is 14.9. The van der Waals surface area contributed by atoms with Crippen LogP contribution in [0.25, 0.3) is 0 Å². The largest absolute Gasteiger partial charge is 0.316 e. The summed E-state index contributed by atoms with van der Waals surface area (Å²) in [5, 5.41) is 3.62. The minimum absolute atomic E-state index is 0.711. The van der Waals surface area contributed by atoms with E-state index in [2.05, 4.69) is 12.2 Å². The third kappa shape index (κ3) is 2.25. The molecule has 1 N–H and O–H groups in total. The van der Waals surface area contributed by atoms with E-state index < -0.39 is 0 Å². The van der Waals surface area contributed by atoms with Gasteiger partial charge >= 0.3 is 0 Å². The van der Waals surface area contributed by atoms with Gasteiger partial charge in [-0.2, -0.15) is 0 Å². The van der Waals surface area contributed by atoms with Crippen molar-refractivity contribution in [3.05, 3.63) is 0 Å². The SMILES string of the molecule is CC1CCC2(CCCCNC2)CC1. The topological polar surface area (TPSA) is 12.0 Å². The Bertz CT molecular complexity index is 147. The Morgan fingerprint density at radius 1 is 1.08 bits per heavy atom.